The fourth-order valence-corrected chi connectivity index (χ4v) is 3.80. The first-order valence-electron chi connectivity index (χ1n) is 12.1. The number of anilines is 1. The number of benzene rings is 2. The van der Waals surface area contributed by atoms with Gasteiger partial charge in [0.15, 0.2) is 11.7 Å². The van der Waals surface area contributed by atoms with E-state index in [4.69, 9.17) is 0 Å². The zero-order chi connectivity index (χ0) is 25.9. The number of hydrogen-bond donors (Lipinski definition) is 0. The number of carbonyl (C=O) groups excluding carboxylic acids is 1. The fourth-order valence-electron chi connectivity index (χ4n) is 3.80. The summed E-state index contributed by atoms with van der Waals surface area (Å²) < 4.78 is 13.3. The molecule has 0 atom stereocenters. The number of hydrogen-bond acceptors (Lipinski definition) is 5. The van der Waals surface area contributed by atoms with Gasteiger partial charge in [0.2, 0.25) is 5.91 Å². The van der Waals surface area contributed by atoms with E-state index in [0.717, 1.165) is 48.8 Å². The van der Waals surface area contributed by atoms with Crippen LogP contribution >= 0.6 is 0 Å². The molecule has 1 aromatic heterocycles. The molecule has 0 saturated carbocycles. The second kappa shape index (κ2) is 13.2. The predicted octanol–water partition coefficient (Wildman–Crippen LogP) is 4.55. The van der Waals surface area contributed by atoms with Crippen LogP contribution in [0.4, 0.5) is 10.2 Å². The van der Waals surface area contributed by atoms with Crippen molar-refractivity contribution >= 4 is 23.3 Å². The first-order valence-corrected chi connectivity index (χ1v) is 12.1. The maximum Gasteiger partial charge on any atom is 0.222 e. The summed E-state index contributed by atoms with van der Waals surface area (Å²) in [5.41, 5.74) is 3.35. The smallest absolute Gasteiger partial charge is 0.222 e. The van der Waals surface area contributed by atoms with Gasteiger partial charge in [0.25, 0.3) is 0 Å². The Morgan fingerprint density at radius 3 is 2.31 bits per heavy atom. The molecule has 1 aliphatic rings. The molecule has 0 radical (unpaired) electrons. The number of nitrogens with zero attached hydrogens (tertiary/aromatic N) is 6. The number of amidine groups is 1. The number of carbonyl (C=O) groups is 1. The highest BCUT2D eigenvalue weighted by Gasteiger charge is 2.20. The van der Waals surface area contributed by atoms with Crippen molar-refractivity contribution in [1.82, 2.24) is 15.1 Å². The van der Waals surface area contributed by atoms with Crippen molar-refractivity contribution in [1.29, 1.82) is 0 Å². The molecule has 1 aliphatic heterocycles. The van der Waals surface area contributed by atoms with Crippen molar-refractivity contribution in [3.63, 3.8) is 0 Å². The van der Waals surface area contributed by atoms with E-state index in [1.165, 1.54) is 6.07 Å². The maximum absolute atomic E-state index is 13.3. The first kappa shape index (κ1) is 26.7. The van der Waals surface area contributed by atoms with Gasteiger partial charge in [-0.15, -0.1) is 5.10 Å². The molecule has 0 unspecified atom stereocenters. The van der Waals surface area contributed by atoms with Crippen molar-refractivity contribution in [2.75, 3.05) is 38.1 Å². The van der Waals surface area contributed by atoms with Crippen molar-refractivity contribution in [2.24, 2.45) is 9.98 Å². The topological polar surface area (TPSA) is 74.1 Å². The lowest BCUT2D eigenvalue weighted by atomic mass is 10.1. The molecule has 2 heterocycles. The predicted molar refractivity (Wildman–Crippen MR) is 143 cm³/mol. The Hall–Kier alpha value is -3.94. The van der Waals surface area contributed by atoms with Gasteiger partial charge in [0.1, 0.15) is 5.82 Å². The third-order valence-corrected chi connectivity index (χ3v) is 5.91. The van der Waals surface area contributed by atoms with E-state index in [9.17, 15) is 9.18 Å². The van der Waals surface area contributed by atoms with Crippen LogP contribution in [0.3, 0.4) is 0 Å². The molecule has 36 heavy (non-hydrogen) atoms. The van der Waals surface area contributed by atoms with E-state index in [2.05, 4.69) is 25.1 Å². The first-order chi connectivity index (χ1) is 17.4. The summed E-state index contributed by atoms with van der Waals surface area (Å²) in [4.78, 5) is 24.3. The van der Waals surface area contributed by atoms with Gasteiger partial charge in [0, 0.05) is 57.1 Å². The van der Waals surface area contributed by atoms with E-state index in [0.29, 0.717) is 17.8 Å². The highest BCUT2D eigenvalue weighted by Crippen LogP contribution is 2.13. The molecule has 1 fully saturated rings. The van der Waals surface area contributed by atoms with Crippen molar-refractivity contribution in [3.8, 4) is 0 Å². The number of piperazine rings is 1. The molecular formula is C28H33FN6O. The molecule has 188 valence electrons. The summed E-state index contributed by atoms with van der Waals surface area (Å²) in [7, 11) is 1.69. The molecule has 0 bridgehead atoms. The highest BCUT2D eigenvalue weighted by molar-refractivity contribution is 6.11. The lowest BCUT2D eigenvalue weighted by Gasteiger charge is -2.35. The van der Waals surface area contributed by atoms with Gasteiger partial charge >= 0.3 is 0 Å². The lowest BCUT2D eigenvalue weighted by molar-refractivity contribution is -0.131. The van der Waals surface area contributed by atoms with E-state index in [1.807, 2.05) is 61.2 Å². The maximum atomic E-state index is 13.3. The Morgan fingerprint density at radius 2 is 1.72 bits per heavy atom. The minimum atomic E-state index is -0.215. The van der Waals surface area contributed by atoms with Crippen molar-refractivity contribution < 1.29 is 9.18 Å². The summed E-state index contributed by atoms with van der Waals surface area (Å²) in [6, 6.07) is 18.7. The standard InChI is InChI=1S/C17H17FN2.C11H16N4O/c1-12-11-15(9-10-16(12)18)17(19-3)20-13(2)14-7-5-4-6-8-14;1-2-11(16)15-8-6-14(7-9-15)10-4-3-5-12-13-10/h4-11H,1-3H3;3-5H,2,6-9H2,1H3. The Morgan fingerprint density at radius 1 is 1.00 bits per heavy atom. The third kappa shape index (κ3) is 7.28. The second-order valence-electron chi connectivity index (χ2n) is 8.38. The van der Waals surface area contributed by atoms with Crippen LogP contribution in [0.15, 0.2) is 76.8 Å². The van der Waals surface area contributed by atoms with Crippen LogP contribution in [-0.2, 0) is 4.79 Å². The summed E-state index contributed by atoms with van der Waals surface area (Å²) in [6.07, 6.45) is 2.26. The average Bonchev–Trinajstić information content (AvgIpc) is 2.94. The van der Waals surface area contributed by atoms with Gasteiger partial charge < -0.3 is 9.80 Å². The molecule has 1 saturated heterocycles. The number of aryl methyl sites for hydroxylation is 1. The molecular weight excluding hydrogens is 455 g/mol. The van der Waals surface area contributed by atoms with Crippen LogP contribution in [0.5, 0.6) is 0 Å². The number of amides is 1. The summed E-state index contributed by atoms with van der Waals surface area (Å²) >= 11 is 0. The summed E-state index contributed by atoms with van der Waals surface area (Å²) in [5, 5.41) is 7.92. The molecule has 1 amide bonds. The Bertz CT molecular complexity index is 1190. The third-order valence-electron chi connectivity index (χ3n) is 5.91. The molecule has 3 aromatic rings. The van der Waals surface area contributed by atoms with Gasteiger partial charge in [0.05, 0.1) is 0 Å². The highest BCUT2D eigenvalue weighted by atomic mass is 19.1. The van der Waals surface area contributed by atoms with Crippen molar-refractivity contribution in [2.45, 2.75) is 27.2 Å². The average molecular weight is 489 g/mol. The van der Waals surface area contributed by atoms with Gasteiger partial charge in [-0.25, -0.2) is 9.38 Å². The Kier molecular flexibility index (Phi) is 9.80. The number of aliphatic imine (C=N–C) groups is 2. The second-order valence-corrected chi connectivity index (χ2v) is 8.38. The van der Waals surface area contributed by atoms with Gasteiger partial charge in [-0.1, -0.05) is 37.3 Å². The van der Waals surface area contributed by atoms with Gasteiger partial charge in [-0.05, 0) is 55.3 Å². The minimum absolute atomic E-state index is 0.215. The summed E-state index contributed by atoms with van der Waals surface area (Å²) in [6.45, 7) is 8.81. The molecule has 4 rings (SSSR count). The molecule has 8 heteroatoms. The monoisotopic (exact) mass is 488 g/mol. The number of rotatable bonds is 4. The fraction of sp³-hybridized carbons (Fsp3) is 0.321. The molecule has 7 nitrogen and oxygen atoms in total. The number of aromatic nitrogens is 2. The molecule has 2 aromatic carbocycles. The zero-order valence-corrected chi connectivity index (χ0v) is 21.4. The van der Waals surface area contributed by atoms with Crippen LogP contribution in [0, 0.1) is 12.7 Å². The summed E-state index contributed by atoms with van der Waals surface area (Å²) in [5.74, 6) is 1.52. The molecule has 0 aliphatic carbocycles. The Labute approximate surface area is 212 Å². The van der Waals surface area contributed by atoms with Crippen molar-refractivity contribution in [3.05, 3.63) is 89.4 Å². The quantitative estimate of drug-likeness (QED) is 0.399. The van der Waals surface area contributed by atoms with Crippen LogP contribution in [0.25, 0.3) is 0 Å². The largest absolute Gasteiger partial charge is 0.352 e. The normalized spacial score (nSPS) is 14.2. The minimum Gasteiger partial charge on any atom is -0.352 e. The van der Waals surface area contributed by atoms with Crippen LogP contribution in [0.2, 0.25) is 0 Å². The van der Waals surface area contributed by atoms with E-state index in [1.54, 1.807) is 32.3 Å². The van der Waals surface area contributed by atoms with E-state index >= 15 is 0 Å². The van der Waals surface area contributed by atoms with E-state index < -0.39 is 0 Å². The van der Waals surface area contributed by atoms with E-state index in [-0.39, 0.29) is 11.7 Å². The lowest BCUT2D eigenvalue weighted by Crippen LogP contribution is -2.48. The van der Waals surface area contributed by atoms with Gasteiger partial charge in [-0.2, -0.15) is 5.10 Å². The number of halogens is 1. The Balaban J connectivity index is 0.000000205. The zero-order valence-electron chi connectivity index (χ0n) is 21.4. The van der Waals surface area contributed by atoms with Crippen LogP contribution in [0.1, 0.15) is 37.0 Å². The van der Waals surface area contributed by atoms with Crippen LogP contribution in [-0.4, -0.2) is 65.8 Å². The van der Waals surface area contributed by atoms with Gasteiger partial charge in [-0.3, -0.25) is 9.79 Å². The molecule has 0 spiro atoms. The molecule has 0 N–H and O–H groups in total. The van der Waals surface area contributed by atoms with Crippen LogP contribution < -0.4 is 4.90 Å². The SMILES string of the molecule is CCC(=O)N1CCN(c2cccnn2)CC1.CN=C(N=C(C)c1ccccc1)c1ccc(F)c(C)c1.